The van der Waals surface area contributed by atoms with E-state index in [1.165, 1.54) is 6.08 Å². The first-order valence-corrected chi connectivity index (χ1v) is 10.8. The average Bonchev–Trinajstić information content (AvgIpc) is 3.07. The molecule has 1 amide bonds. The van der Waals surface area contributed by atoms with Gasteiger partial charge in [0, 0.05) is 11.8 Å². The molecule has 174 valence electrons. The number of hydrogen-bond acceptors (Lipinski definition) is 5. The summed E-state index contributed by atoms with van der Waals surface area (Å²) in [4.78, 5) is 36.5. The number of ether oxygens (including phenoxy) is 2. The van der Waals surface area contributed by atoms with Crippen molar-refractivity contribution in [1.29, 1.82) is 0 Å². The van der Waals surface area contributed by atoms with Crippen molar-refractivity contribution < 1.29 is 29.0 Å². The van der Waals surface area contributed by atoms with Crippen LogP contribution in [0.2, 0.25) is 0 Å². The number of benzene rings is 2. The minimum absolute atomic E-state index is 0.0526. The van der Waals surface area contributed by atoms with Crippen molar-refractivity contribution in [2.75, 3.05) is 6.61 Å². The molecule has 0 aliphatic heterocycles. The Balaban J connectivity index is 1.67. The molecule has 0 saturated carbocycles. The normalized spacial score (nSPS) is 14.4. The highest BCUT2D eigenvalue weighted by atomic mass is 16.6. The summed E-state index contributed by atoms with van der Waals surface area (Å²) in [5.41, 5.74) is 3.58. The molecule has 0 bridgehead atoms. The highest BCUT2D eigenvalue weighted by molar-refractivity contribution is 5.82. The molecule has 3 rings (SSSR count). The quantitative estimate of drug-likeness (QED) is 0.452. The maximum Gasteiger partial charge on any atom is 0.407 e. The molecule has 0 heterocycles. The minimum Gasteiger partial charge on any atom is -0.480 e. The number of carbonyl (C=O) groups excluding carboxylic acids is 2. The summed E-state index contributed by atoms with van der Waals surface area (Å²) in [5.74, 6) is -2.88. The number of esters is 1. The predicted molar refractivity (Wildman–Crippen MR) is 124 cm³/mol. The Hall–Kier alpha value is -3.61. The Kier molecular flexibility index (Phi) is 7.21. The Morgan fingerprint density at radius 1 is 1.06 bits per heavy atom. The maximum absolute atomic E-state index is 12.5. The van der Waals surface area contributed by atoms with E-state index in [2.05, 4.69) is 11.9 Å². The molecule has 2 atom stereocenters. The van der Waals surface area contributed by atoms with Crippen molar-refractivity contribution in [3.63, 3.8) is 0 Å². The zero-order valence-corrected chi connectivity index (χ0v) is 19.0. The van der Waals surface area contributed by atoms with Crippen LogP contribution in [0, 0.1) is 5.92 Å². The van der Waals surface area contributed by atoms with Crippen LogP contribution in [0.5, 0.6) is 0 Å². The molecule has 2 N–H and O–H groups in total. The number of rotatable bonds is 8. The van der Waals surface area contributed by atoms with Crippen molar-refractivity contribution in [2.24, 2.45) is 5.92 Å². The zero-order valence-electron chi connectivity index (χ0n) is 19.0. The second kappa shape index (κ2) is 9.90. The lowest BCUT2D eigenvalue weighted by Gasteiger charge is -2.24. The fourth-order valence-corrected chi connectivity index (χ4v) is 4.03. The summed E-state index contributed by atoms with van der Waals surface area (Å²) in [6, 6.07) is 14.5. The number of carboxylic acid groups (broad SMARTS) is 1. The molecule has 0 spiro atoms. The van der Waals surface area contributed by atoms with Crippen LogP contribution in [0.1, 0.15) is 44.2 Å². The molecule has 0 saturated heterocycles. The third-order valence-corrected chi connectivity index (χ3v) is 5.44. The minimum atomic E-state index is -1.38. The molecule has 2 aromatic carbocycles. The first-order chi connectivity index (χ1) is 15.6. The fraction of sp³-hybridized carbons (Fsp3) is 0.346. The standard InChI is InChI=1S/C26H29NO6/c1-5-16(14-22(28)33-26(2,3)4)23(24(29)30)27-25(31)32-15-21-19-12-8-6-10-17(19)18-11-7-9-13-20(18)21/h5-13,16,21,23H,1,14-15H2,2-4H3,(H,27,31)(H,29,30)/t16-,23+/m1/s1. The maximum atomic E-state index is 12.5. The van der Waals surface area contributed by atoms with Gasteiger partial charge in [0.25, 0.3) is 0 Å². The Bertz CT molecular complexity index is 1010. The van der Waals surface area contributed by atoms with Crippen LogP contribution in [0.25, 0.3) is 11.1 Å². The number of nitrogens with one attached hydrogen (secondary N) is 1. The highest BCUT2D eigenvalue weighted by Gasteiger charge is 2.33. The molecule has 0 unspecified atom stereocenters. The van der Waals surface area contributed by atoms with Gasteiger partial charge in [-0.2, -0.15) is 0 Å². The highest BCUT2D eigenvalue weighted by Crippen LogP contribution is 2.44. The zero-order chi connectivity index (χ0) is 24.2. The van der Waals surface area contributed by atoms with E-state index in [9.17, 15) is 19.5 Å². The van der Waals surface area contributed by atoms with Crippen molar-refractivity contribution in [3.8, 4) is 11.1 Å². The van der Waals surface area contributed by atoms with Crippen LogP contribution < -0.4 is 5.32 Å². The van der Waals surface area contributed by atoms with Crippen molar-refractivity contribution in [3.05, 3.63) is 72.3 Å². The molecule has 33 heavy (non-hydrogen) atoms. The van der Waals surface area contributed by atoms with Gasteiger partial charge in [-0.05, 0) is 43.0 Å². The Morgan fingerprint density at radius 2 is 1.61 bits per heavy atom. The second-order valence-electron chi connectivity index (χ2n) is 8.98. The van der Waals surface area contributed by atoms with Crippen molar-refractivity contribution >= 4 is 18.0 Å². The number of aliphatic carboxylic acids is 1. The molecule has 0 aromatic heterocycles. The second-order valence-corrected chi connectivity index (χ2v) is 8.98. The van der Waals surface area contributed by atoms with Crippen LogP contribution in [0.3, 0.4) is 0 Å². The third kappa shape index (κ3) is 5.80. The van der Waals surface area contributed by atoms with E-state index in [1.54, 1.807) is 20.8 Å². The van der Waals surface area contributed by atoms with Crippen molar-refractivity contribution in [1.82, 2.24) is 5.32 Å². The van der Waals surface area contributed by atoms with Gasteiger partial charge in [0.1, 0.15) is 18.2 Å². The molecule has 7 heteroatoms. The summed E-state index contributed by atoms with van der Waals surface area (Å²) >= 11 is 0. The molecule has 1 aliphatic carbocycles. The van der Waals surface area contributed by atoms with Gasteiger partial charge in [-0.25, -0.2) is 9.59 Å². The Morgan fingerprint density at radius 3 is 2.09 bits per heavy atom. The van der Waals surface area contributed by atoms with Gasteiger partial charge in [-0.1, -0.05) is 54.6 Å². The van der Waals surface area contributed by atoms with Crippen LogP contribution >= 0.6 is 0 Å². The van der Waals surface area contributed by atoms with Crippen LogP contribution in [0.4, 0.5) is 4.79 Å². The van der Waals surface area contributed by atoms with Gasteiger partial charge < -0.3 is 19.9 Å². The monoisotopic (exact) mass is 451 g/mol. The summed E-state index contributed by atoms with van der Waals surface area (Å²) in [6.45, 7) is 8.83. The lowest BCUT2D eigenvalue weighted by Crippen LogP contribution is -2.46. The van der Waals surface area contributed by atoms with E-state index < -0.39 is 35.6 Å². The predicted octanol–water partition coefficient (Wildman–Crippen LogP) is 4.51. The molecule has 7 nitrogen and oxygen atoms in total. The van der Waals surface area contributed by atoms with Crippen molar-refractivity contribution in [2.45, 2.75) is 44.8 Å². The molecule has 0 fully saturated rings. The lowest BCUT2D eigenvalue weighted by atomic mass is 9.96. The smallest absolute Gasteiger partial charge is 0.407 e. The molecule has 2 aromatic rings. The number of carbonyl (C=O) groups is 3. The number of amides is 1. The van der Waals surface area contributed by atoms with Gasteiger partial charge in [0.05, 0.1) is 6.42 Å². The molecular weight excluding hydrogens is 422 g/mol. The van der Waals surface area contributed by atoms with Crippen LogP contribution in [-0.4, -0.2) is 41.4 Å². The van der Waals surface area contributed by atoms with Gasteiger partial charge >= 0.3 is 18.0 Å². The number of alkyl carbamates (subject to hydrolysis) is 1. The van der Waals surface area contributed by atoms with Crippen LogP contribution in [-0.2, 0) is 19.1 Å². The number of carboxylic acids is 1. The van der Waals surface area contributed by atoms with E-state index in [0.29, 0.717) is 0 Å². The molecule has 0 radical (unpaired) electrons. The fourth-order valence-electron chi connectivity index (χ4n) is 4.03. The molecule has 1 aliphatic rings. The van der Waals surface area contributed by atoms with E-state index in [4.69, 9.17) is 9.47 Å². The topological polar surface area (TPSA) is 102 Å². The summed E-state index contributed by atoms with van der Waals surface area (Å²) in [6.07, 6.45) is 0.216. The summed E-state index contributed by atoms with van der Waals surface area (Å²) in [5, 5.41) is 12.0. The van der Waals surface area contributed by atoms with E-state index in [0.717, 1.165) is 22.3 Å². The molecular formula is C26H29NO6. The number of fused-ring (bicyclic) bond motifs is 3. The average molecular weight is 452 g/mol. The first-order valence-electron chi connectivity index (χ1n) is 10.8. The first kappa shape index (κ1) is 24.0. The summed E-state index contributed by atoms with van der Waals surface area (Å²) < 4.78 is 10.7. The van der Waals surface area contributed by atoms with E-state index in [-0.39, 0.29) is 18.9 Å². The van der Waals surface area contributed by atoms with Gasteiger partial charge in [-0.3, -0.25) is 4.79 Å². The van der Waals surface area contributed by atoms with E-state index in [1.807, 2.05) is 48.5 Å². The lowest BCUT2D eigenvalue weighted by molar-refractivity contribution is -0.156. The van der Waals surface area contributed by atoms with E-state index >= 15 is 0 Å². The van der Waals surface area contributed by atoms with Gasteiger partial charge in [0.15, 0.2) is 0 Å². The van der Waals surface area contributed by atoms with Crippen LogP contribution in [0.15, 0.2) is 61.2 Å². The summed E-state index contributed by atoms with van der Waals surface area (Å²) in [7, 11) is 0. The Labute approximate surface area is 193 Å². The largest absolute Gasteiger partial charge is 0.480 e. The number of hydrogen-bond donors (Lipinski definition) is 2. The third-order valence-electron chi connectivity index (χ3n) is 5.44. The van der Waals surface area contributed by atoms with Gasteiger partial charge in [0.2, 0.25) is 0 Å². The van der Waals surface area contributed by atoms with Gasteiger partial charge in [-0.15, -0.1) is 6.58 Å². The SMILES string of the molecule is C=C[C@H](CC(=O)OC(C)(C)C)[C@H](NC(=O)OCC1c2ccccc2-c2ccccc21)C(=O)O.